The predicted octanol–water partition coefficient (Wildman–Crippen LogP) is 23.6. The van der Waals surface area contributed by atoms with Crippen LogP contribution in [0.4, 0.5) is 8.78 Å². The molecule has 6 heteroatoms. The van der Waals surface area contributed by atoms with Gasteiger partial charge in [-0.25, -0.2) is 8.78 Å². The number of aliphatic hydroxyl groups excluding tert-OH is 1. The molecule has 0 amide bonds. The van der Waals surface area contributed by atoms with E-state index in [1.807, 2.05) is 13.8 Å². The maximum atomic E-state index is 11.5. The average Bonchev–Trinajstić information content (AvgIpc) is 3.32. The zero-order chi connectivity index (χ0) is 59.8. The Morgan fingerprint density at radius 2 is 0.746 bits per heavy atom. The first-order chi connectivity index (χ1) is 32.4. The topological polar surface area (TPSA) is 64.7 Å². The number of halogens is 2. The molecule has 0 aliphatic rings. The Kier molecular flexibility index (Phi) is 114. The lowest BCUT2D eigenvalue weighted by Gasteiger charge is -2.12. The number of ether oxygens (including phenoxy) is 2. The first-order valence-corrected chi connectivity index (χ1v) is 30.2. The molecule has 71 heavy (non-hydrogen) atoms. The Balaban J connectivity index is -0.0000000536. The van der Waals surface area contributed by atoms with Crippen molar-refractivity contribution in [1.29, 1.82) is 0 Å². The van der Waals surface area contributed by atoms with Gasteiger partial charge >= 0.3 is 0 Å². The van der Waals surface area contributed by atoms with E-state index in [2.05, 4.69) is 194 Å². The second-order valence-electron chi connectivity index (χ2n) is 22.9. The first kappa shape index (κ1) is 99.7. The largest absolute Gasteiger partial charge is 0.393 e. The molecule has 0 aromatic heterocycles. The van der Waals surface area contributed by atoms with Crippen molar-refractivity contribution in [1.82, 2.24) is 0 Å². The van der Waals surface area contributed by atoms with Crippen molar-refractivity contribution in [2.24, 2.45) is 58.5 Å². The molecule has 3 N–H and O–H groups in total. The summed E-state index contributed by atoms with van der Waals surface area (Å²) in [5, 5.41) is 8.36. The molecule has 0 radical (unpaired) electrons. The fourth-order valence-corrected chi connectivity index (χ4v) is 2.73. The van der Waals surface area contributed by atoms with Crippen LogP contribution in [0.25, 0.3) is 0 Å². The molecule has 0 saturated heterocycles. The van der Waals surface area contributed by atoms with Gasteiger partial charge in [0, 0.05) is 33.3 Å². The Hall–Kier alpha value is -0.300. The number of hydrogen-bond acceptors (Lipinski definition) is 4. The summed E-state index contributed by atoms with van der Waals surface area (Å²) in [7, 11) is 3.47. The van der Waals surface area contributed by atoms with E-state index in [0.717, 1.165) is 80.1 Å². The molecular formula is C65H153F2NO3. The summed E-state index contributed by atoms with van der Waals surface area (Å²) in [6.07, 6.45) is 19.2. The van der Waals surface area contributed by atoms with Gasteiger partial charge < -0.3 is 20.3 Å². The minimum Gasteiger partial charge on any atom is -0.393 e. The number of unbranched alkanes of at least 4 members (excludes halogenated alkanes) is 2. The van der Waals surface area contributed by atoms with E-state index in [0.29, 0.717) is 17.6 Å². The number of methoxy groups -OCH3 is 2. The third-order valence-corrected chi connectivity index (χ3v) is 12.4. The zero-order valence-electron chi connectivity index (χ0n) is 57.0. The van der Waals surface area contributed by atoms with E-state index in [9.17, 15) is 8.78 Å². The highest BCUT2D eigenvalue weighted by atomic mass is 19.3. The average molecular weight is 1030 g/mol. The van der Waals surface area contributed by atoms with Crippen molar-refractivity contribution < 1.29 is 23.4 Å². The second-order valence-corrected chi connectivity index (χ2v) is 22.9. The number of nitrogens with two attached hydrogens (primary N) is 1. The van der Waals surface area contributed by atoms with Crippen LogP contribution in [0, 0.1) is 52.8 Å². The van der Waals surface area contributed by atoms with Gasteiger partial charge in [0.15, 0.2) is 0 Å². The summed E-state index contributed by atoms with van der Waals surface area (Å²) >= 11 is 0. The lowest BCUT2D eigenvalue weighted by Crippen LogP contribution is -2.11. The lowest BCUT2D eigenvalue weighted by molar-refractivity contribution is 0.0181. The van der Waals surface area contributed by atoms with Crippen LogP contribution < -0.4 is 5.73 Å². The predicted molar refractivity (Wildman–Crippen MR) is 333 cm³/mol. The molecule has 4 nitrogen and oxygen atoms in total. The van der Waals surface area contributed by atoms with Crippen LogP contribution in [0.2, 0.25) is 0 Å². The molecule has 0 saturated carbocycles. The zero-order valence-corrected chi connectivity index (χ0v) is 57.0. The van der Waals surface area contributed by atoms with Crippen molar-refractivity contribution >= 4 is 0 Å². The standard InChI is InChI=1S/2C7H16.C6H14O.3C6H14.C5H12O.2C5H12.C4H8F2.C4H11N.C4H10O/c2*1-5-7(4)6(2)3;1-4-6(2)5-7-3;1-5-6(2,3)4;1-4-5-6(2)3;1-4-6(3)5-2;1-4-5(2)6-3;1-4-5(2)3;1-3-5-4-2;1-3-4(2,5)6;2*1-3-4(2)5/h2*6-7H,5H2,1-4H3;6H,4-5H2,1-3H3;5H2,1-4H3;2*6H,4-5H2,1-3H3;5H,4H2,1-3H3;5H,4H2,1-3H3;3-5H2,1-2H3;3H2,1-2H3;4H,3,5H2,1-2H3;4-5H,3H2,1-2H3/t7-;;6-;;;;5-;;;;2*4-/m0.0...0...00/s1. The van der Waals surface area contributed by atoms with Crippen LogP contribution in [-0.4, -0.2) is 50.1 Å². The van der Waals surface area contributed by atoms with E-state index in [1.54, 1.807) is 21.1 Å². The number of rotatable bonds is 19. The van der Waals surface area contributed by atoms with Crippen molar-refractivity contribution in [3.05, 3.63) is 0 Å². The first-order valence-electron chi connectivity index (χ1n) is 30.2. The van der Waals surface area contributed by atoms with Crippen molar-refractivity contribution in [3.63, 3.8) is 0 Å². The molecule has 1 unspecified atom stereocenters. The molecular weight excluding hydrogens is 881 g/mol. The summed E-state index contributed by atoms with van der Waals surface area (Å²) < 4.78 is 32.7. The van der Waals surface area contributed by atoms with Gasteiger partial charge in [0.1, 0.15) is 0 Å². The van der Waals surface area contributed by atoms with Crippen LogP contribution in [0.1, 0.15) is 331 Å². The van der Waals surface area contributed by atoms with Crippen molar-refractivity contribution in [2.75, 3.05) is 20.8 Å². The molecule has 450 valence electrons. The molecule has 0 aliphatic heterocycles. The van der Waals surface area contributed by atoms with Gasteiger partial charge in [-0.3, -0.25) is 0 Å². The highest BCUT2D eigenvalue weighted by Crippen LogP contribution is 2.16. The quantitative estimate of drug-likeness (QED) is 0.135. The van der Waals surface area contributed by atoms with E-state index in [1.165, 1.54) is 84.0 Å². The Labute approximate surface area is 456 Å². The maximum absolute atomic E-state index is 11.5. The summed E-state index contributed by atoms with van der Waals surface area (Å²) in [6, 6.07) is 0.384. The Bertz CT molecular complexity index is 708. The molecule has 0 aliphatic carbocycles. The smallest absolute Gasteiger partial charge is 0.245 e. The Morgan fingerprint density at radius 3 is 0.761 bits per heavy atom. The van der Waals surface area contributed by atoms with Crippen LogP contribution in [-0.2, 0) is 9.47 Å². The normalized spacial score (nSPS) is 12.7. The van der Waals surface area contributed by atoms with Crippen LogP contribution in [0.3, 0.4) is 0 Å². The van der Waals surface area contributed by atoms with Gasteiger partial charge in [0.05, 0.1) is 12.2 Å². The molecule has 0 aromatic carbocycles. The fourth-order valence-electron chi connectivity index (χ4n) is 2.73. The number of alkyl halides is 2. The fraction of sp³-hybridized carbons (Fsp3) is 1.00. The molecule has 0 rings (SSSR count). The lowest BCUT2D eigenvalue weighted by atomic mass is 9.94. The van der Waals surface area contributed by atoms with Crippen molar-refractivity contribution in [3.8, 4) is 0 Å². The van der Waals surface area contributed by atoms with E-state index in [-0.39, 0.29) is 12.5 Å². The summed E-state index contributed by atoms with van der Waals surface area (Å²) in [5.74, 6) is 4.52. The number of hydrogen-bond donors (Lipinski definition) is 2. The Morgan fingerprint density at radius 1 is 0.451 bits per heavy atom. The number of aliphatic hydroxyl groups is 1. The maximum Gasteiger partial charge on any atom is 0.245 e. The molecule has 6 atom stereocenters. The summed E-state index contributed by atoms with van der Waals surface area (Å²) in [4.78, 5) is 0. The van der Waals surface area contributed by atoms with Gasteiger partial charge in [-0.15, -0.1) is 0 Å². The molecule has 0 aromatic rings. The van der Waals surface area contributed by atoms with Crippen LogP contribution >= 0.6 is 0 Å². The third kappa shape index (κ3) is 184. The third-order valence-electron chi connectivity index (χ3n) is 12.4. The molecule has 0 heterocycles. The minimum atomic E-state index is -2.46. The van der Waals surface area contributed by atoms with E-state index in [4.69, 9.17) is 20.3 Å². The highest BCUT2D eigenvalue weighted by Gasteiger charge is 2.15. The van der Waals surface area contributed by atoms with Gasteiger partial charge in [-0.05, 0) is 99.7 Å². The molecule has 0 spiro atoms. The monoisotopic (exact) mass is 1030 g/mol. The van der Waals surface area contributed by atoms with Gasteiger partial charge in [0.2, 0.25) is 5.92 Å². The van der Waals surface area contributed by atoms with Gasteiger partial charge in [-0.1, -0.05) is 278 Å². The van der Waals surface area contributed by atoms with Crippen LogP contribution in [0.5, 0.6) is 0 Å². The summed E-state index contributed by atoms with van der Waals surface area (Å²) in [5.41, 5.74) is 5.83. The minimum absolute atomic E-state index is 0.0625. The molecule has 0 bridgehead atoms. The molecule has 0 fully saturated rings. The van der Waals surface area contributed by atoms with E-state index < -0.39 is 5.92 Å². The summed E-state index contributed by atoms with van der Waals surface area (Å²) in [6.45, 7) is 71.2. The van der Waals surface area contributed by atoms with Gasteiger partial charge in [-0.2, -0.15) is 0 Å². The highest BCUT2D eigenvalue weighted by molar-refractivity contribution is 4.55. The van der Waals surface area contributed by atoms with E-state index >= 15 is 0 Å². The SMILES string of the molecule is CCC(C)(C)C.CCC(C)(F)F.CCC(C)C.CCC(C)C(C)C.CCC(C)CC.CCCC(C)C.CCCCC.CC[C@H](C)C(C)C.CC[C@H](C)COC.CC[C@H](C)N.CC[C@H](C)O.CC[C@H](C)OC. The van der Waals surface area contributed by atoms with Crippen LogP contribution in [0.15, 0.2) is 0 Å². The second kappa shape index (κ2) is 81.1. The van der Waals surface area contributed by atoms with Gasteiger partial charge in [0.25, 0.3) is 0 Å². The van der Waals surface area contributed by atoms with Crippen molar-refractivity contribution in [2.45, 2.75) is 355 Å².